The third-order valence-electron chi connectivity index (χ3n) is 6.24. The Labute approximate surface area is 228 Å². The summed E-state index contributed by atoms with van der Waals surface area (Å²) in [7, 11) is 0. The lowest BCUT2D eigenvalue weighted by molar-refractivity contribution is -0.139. The Hall–Kier alpha value is -3.89. The molecule has 0 radical (unpaired) electrons. The molecule has 0 saturated heterocycles. The van der Waals surface area contributed by atoms with Crippen LogP contribution in [0.15, 0.2) is 66.6 Å². The van der Waals surface area contributed by atoms with E-state index in [4.69, 9.17) is 6.42 Å². The van der Waals surface area contributed by atoms with Crippen LogP contribution in [0.2, 0.25) is 0 Å². The normalized spacial score (nSPS) is 12.8. The molecule has 7 heteroatoms. The van der Waals surface area contributed by atoms with Gasteiger partial charge in [-0.05, 0) is 59.2 Å². The molecule has 0 atom stereocenters. The molecule has 3 N–H and O–H groups in total. The molecule has 198 valence electrons. The first-order valence-electron chi connectivity index (χ1n) is 12.7. The maximum Gasteiger partial charge on any atom is 0.310 e. The van der Waals surface area contributed by atoms with E-state index in [1.807, 2.05) is 47.8 Å². The largest absolute Gasteiger partial charge is 0.376 e. The molecule has 1 aromatic heterocycles. The van der Waals surface area contributed by atoms with Crippen molar-refractivity contribution in [2.45, 2.75) is 51.6 Å². The van der Waals surface area contributed by atoms with Crippen molar-refractivity contribution in [3.63, 3.8) is 0 Å². The number of unbranched alkanes of at least 4 members (excludes halogenated alkanes) is 1. The molecule has 1 aliphatic carbocycles. The Bertz CT molecular complexity index is 1300. The van der Waals surface area contributed by atoms with E-state index in [1.54, 1.807) is 23.5 Å². The fourth-order valence-corrected chi connectivity index (χ4v) is 4.57. The third kappa shape index (κ3) is 7.56. The molecular formula is C31H34FN3O2S. The maximum atomic E-state index is 14.5. The van der Waals surface area contributed by atoms with Gasteiger partial charge < -0.3 is 16.0 Å². The Morgan fingerprint density at radius 3 is 2.39 bits per heavy atom. The topological polar surface area (TPSA) is 70.2 Å². The van der Waals surface area contributed by atoms with Crippen molar-refractivity contribution >= 4 is 28.8 Å². The molecule has 5 nitrogen and oxygen atoms in total. The van der Waals surface area contributed by atoms with Gasteiger partial charge in [-0.2, -0.15) is 0 Å². The smallest absolute Gasteiger partial charge is 0.310 e. The third-order valence-corrected chi connectivity index (χ3v) is 7.15. The molecule has 1 saturated carbocycles. The summed E-state index contributed by atoms with van der Waals surface area (Å²) in [6, 6.07) is 16.6. The van der Waals surface area contributed by atoms with Crippen molar-refractivity contribution in [3.05, 3.63) is 89.1 Å². The van der Waals surface area contributed by atoms with Crippen LogP contribution in [0.1, 0.15) is 56.2 Å². The van der Waals surface area contributed by atoms with Crippen LogP contribution in [0, 0.1) is 18.2 Å². The first-order chi connectivity index (χ1) is 18.3. The van der Waals surface area contributed by atoms with Gasteiger partial charge in [-0.25, -0.2) is 4.39 Å². The van der Waals surface area contributed by atoms with Gasteiger partial charge in [-0.15, -0.1) is 17.8 Å². The van der Waals surface area contributed by atoms with E-state index in [0.29, 0.717) is 5.70 Å². The molecular weight excluding hydrogens is 497 g/mol. The zero-order valence-corrected chi connectivity index (χ0v) is 22.7. The molecule has 1 fully saturated rings. The number of halogens is 1. The highest BCUT2D eigenvalue weighted by atomic mass is 32.1. The Morgan fingerprint density at radius 2 is 1.76 bits per heavy atom. The predicted octanol–water partition coefficient (Wildman–Crippen LogP) is 5.98. The quantitative estimate of drug-likeness (QED) is 0.235. The van der Waals surface area contributed by atoms with Gasteiger partial charge >= 0.3 is 11.8 Å². The fraction of sp³-hybridized carbons (Fsp3) is 0.290. The number of thiophene rings is 1. The average molecular weight is 532 g/mol. The van der Waals surface area contributed by atoms with E-state index < -0.39 is 17.4 Å². The van der Waals surface area contributed by atoms with Crippen LogP contribution in [-0.4, -0.2) is 18.4 Å². The second-order valence-corrected chi connectivity index (χ2v) is 10.1. The highest BCUT2D eigenvalue weighted by Crippen LogP contribution is 2.48. The number of carbonyl (C=O) groups excluding carboxylic acids is 2. The van der Waals surface area contributed by atoms with Crippen molar-refractivity contribution < 1.29 is 14.0 Å². The summed E-state index contributed by atoms with van der Waals surface area (Å²) in [5.41, 5.74) is 3.63. The Morgan fingerprint density at radius 1 is 1.05 bits per heavy atom. The highest BCUT2D eigenvalue weighted by molar-refractivity contribution is 7.13. The molecule has 3 aromatic rings. The Balaban J connectivity index is 0.000000934. The summed E-state index contributed by atoms with van der Waals surface area (Å²) in [6.07, 6.45) is 9.45. The van der Waals surface area contributed by atoms with E-state index in [-0.39, 0.29) is 18.9 Å². The van der Waals surface area contributed by atoms with Gasteiger partial charge in [0.05, 0.1) is 12.1 Å². The number of rotatable bonds is 9. The minimum Gasteiger partial charge on any atom is -0.376 e. The van der Waals surface area contributed by atoms with Gasteiger partial charge in [0.15, 0.2) is 0 Å². The summed E-state index contributed by atoms with van der Waals surface area (Å²) in [4.78, 5) is 24.8. The van der Waals surface area contributed by atoms with Crippen molar-refractivity contribution in [1.29, 1.82) is 0 Å². The summed E-state index contributed by atoms with van der Waals surface area (Å²) < 4.78 is 14.5. The number of terminal acetylenes is 1. The van der Waals surface area contributed by atoms with Gasteiger partial charge in [-0.1, -0.05) is 69.5 Å². The summed E-state index contributed by atoms with van der Waals surface area (Å²) in [5, 5.41) is 10.4. The molecule has 0 unspecified atom stereocenters. The molecule has 38 heavy (non-hydrogen) atoms. The summed E-state index contributed by atoms with van der Waals surface area (Å²) >= 11 is 1.57. The van der Waals surface area contributed by atoms with Crippen molar-refractivity contribution in [2.75, 3.05) is 6.54 Å². The molecule has 0 aliphatic heterocycles. The highest BCUT2D eigenvalue weighted by Gasteiger charge is 2.45. The molecule has 2 amide bonds. The van der Waals surface area contributed by atoms with Crippen molar-refractivity contribution in [2.24, 2.45) is 0 Å². The average Bonchev–Trinajstić information content (AvgIpc) is 3.50. The summed E-state index contributed by atoms with van der Waals surface area (Å²) in [5.74, 6) is 0.438. The lowest BCUT2D eigenvalue weighted by Gasteiger charge is -2.23. The van der Waals surface area contributed by atoms with Crippen LogP contribution < -0.4 is 16.0 Å². The van der Waals surface area contributed by atoms with Gasteiger partial charge in [0, 0.05) is 22.7 Å². The standard InChI is InChI=1S/C27H24FN3O2S.C4H10/c1-3-12-29-25(32)26(33)30-17-19-7-4-5-8-23(19)18(2)31-27(10-11-27)21-14-20(15-22(28)16-21)24-9-6-13-34-24;1-3-4-2/h1,4-9,13-16,31H,2,10-12,17H2,(H,29,32)(H,30,33);3-4H2,1-2H3. The lowest BCUT2D eigenvalue weighted by Crippen LogP contribution is -2.39. The van der Waals surface area contributed by atoms with Crippen LogP contribution in [0.25, 0.3) is 16.1 Å². The number of carbonyl (C=O) groups is 2. The molecule has 0 spiro atoms. The van der Waals surface area contributed by atoms with Crippen LogP contribution in [0.3, 0.4) is 0 Å². The lowest BCUT2D eigenvalue weighted by atomic mass is 9.98. The number of hydrogen-bond donors (Lipinski definition) is 3. The number of benzene rings is 2. The molecule has 1 heterocycles. The van der Waals surface area contributed by atoms with Gasteiger partial charge in [0.2, 0.25) is 0 Å². The number of amides is 2. The second kappa shape index (κ2) is 13.6. The Kier molecular flexibility index (Phi) is 10.3. The van der Waals surface area contributed by atoms with E-state index in [0.717, 1.165) is 40.0 Å². The van der Waals surface area contributed by atoms with Crippen LogP contribution in [0.4, 0.5) is 4.39 Å². The number of hydrogen-bond acceptors (Lipinski definition) is 4. The van der Waals surface area contributed by atoms with Gasteiger partial charge in [0.1, 0.15) is 5.82 Å². The minimum atomic E-state index is -0.781. The van der Waals surface area contributed by atoms with Crippen molar-refractivity contribution in [3.8, 4) is 22.8 Å². The summed E-state index contributed by atoms with van der Waals surface area (Å²) in [6.45, 7) is 8.71. The van der Waals surface area contributed by atoms with Crippen LogP contribution in [0.5, 0.6) is 0 Å². The first kappa shape index (κ1) is 28.7. The van der Waals surface area contributed by atoms with E-state index in [2.05, 4.69) is 42.3 Å². The van der Waals surface area contributed by atoms with Gasteiger partial charge in [-0.3, -0.25) is 9.59 Å². The predicted molar refractivity (Wildman–Crippen MR) is 154 cm³/mol. The monoisotopic (exact) mass is 531 g/mol. The zero-order valence-electron chi connectivity index (χ0n) is 21.9. The van der Waals surface area contributed by atoms with Crippen LogP contribution >= 0.6 is 11.3 Å². The SMILES string of the molecule is C#CCNC(=O)C(=O)NCc1ccccc1C(=C)NC1(c2cc(F)cc(-c3cccs3)c2)CC1.CCCC. The molecule has 4 rings (SSSR count). The first-order valence-corrected chi connectivity index (χ1v) is 13.6. The minimum absolute atomic E-state index is 0.0140. The van der Waals surface area contributed by atoms with Gasteiger partial charge in [0.25, 0.3) is 0 Å². The van der Waals surface area contributed by atoms with Crippen LogP contribution in [-0.2, 0) is 21.7 Å². The van der Waals surface area contributed by atoms with E-state index >= 15 is 0 Å². The zero-order chi connectivity index (χ0) is 27.5. The van der Waals surface area contributed by atoms with Crippen molar-refractivity contribution in [1.82, 2.24) is 16.0 Å². The number of nitrogens with one attached hydrogen (secondary N) is 3. The second-order valence-electron chi connectivity index (χ2n) is 9.12. The molecule has 1 aliphatic rings. The maximum absolute atomic E-state index is 14.5. The fourth-order valence-electron chi connectivity index (χ4n) is 3.85. The van der Waals surface area contributed by atoms with E-state index in [1.165, 1.54) is 12.8 Å². The molecule has 0 bridgehead atoms. The molecule has 2 aromatic carbocycles. The van der Waals surface area contributed by atoms with E-state index in [9.17, 15) is 14.0 Å².